The van der Waals surface area contributed by atoms with Gasteiger partial charge < -0.3 is 10.6 Å². The van der Waals surface area contributed by atoms with E-state index in [9.17, 15) is 0 Å². The summed E-state index contributed by atoms with van der Waals surface area (Å²) >= 11 is 10.0. The monoisotopic (exact) mass is 336 g/mol. The number of nitrogens with one attached hydrogen (secondary N) is 4. The van der Waals surface area contributed by atoms with Gasteiger partial charge in [0.25, 0.3) is 0 Å². The van der Waals surface area contributed by atoms with Crippen LogP contribution < -0.4 is 21.5 Å². The summed E-state index contributed by atoms with van der Waals surface area (Å²) < 4.78 is 0. The summed E-state index contributed by atoms with van der Waals surface area (Å²) in [5, 5.41) is 15.0. The Labute approximate surface area is 141 Å². The highest BCUT2D eigenvalue weighted by Crippen LogP contribution is 2.06. The van der Waals surface area contributed by atoms with Crippen LogP contribution in [0, 0.1) is 6.92 Å². The van der Waals surface area contributed by atoms with Crippen LogP contribution in [-0.2, 0) is 0 Å². The molecule has 0 aliphatic rings. The van der Waals surface area contributed by atoms with Crippen molar-refractivity contribution < 1.29 is 0 Å². The highest BCUT2D eigenvalue weighted by Gasteiger charge is 2.09. The van der Waals surface area contributed by atoms with E-state index in [-0.39, 0.29) is 0 Å². The van der Waals surface area contributed by atoms with Gasteiger partial charge in [-0.15, -0.1) is 0 Å². The van der Waals surface area contributed by atoms with Gasteiger partial charge in [0.2, 0.25) is 0 Å². The van der Waals surface area contributed by atoms with Gasteiger partial charge in [0.05, 0.1) is 5.71 Å². The Hall–Kier alpha value is -2.06. The van der Waals surface area contributed by atoms with Crippen LogP contribution >= 0.6 is 24.4 Å². The molecule has 0 amide bonds. The largest absolute Gasteiger partial charge is 0.364 e. The number of nitrogens with zero attached hydrogens (tertiary/aromatic N) is 2. The molecule has 118 valence electrons. The van der Waals surface area contributed by atoms with Crippen LogP contribution in [0.4, 0.5) is 0 Å². The first-order valence-electron chi connectivity index (χ1n) is 6.62. The smallest absolute Gasteiger partial charge is 0.186 e. The van der Waals surface area contributed by atoms with Gasteiger partial charge in [0.15, 0.2) is 10.2 Å². The van der Waals surface area contributed by atoms with Gasteiger partial charge >= 0.3 is 0 Å². The van der Waals surface area contributed by atoms with E-state index in [4.69, 9.17) is 24.4 Å². The van der Waals surface area contributed by atoms with Crippen LogP contribution in [0.5, 0.6) is 0 Å². The molecule has 4 N–H and O–H groups in total. The number of benzene rings is 1. The van der Waals surface area contributed by atoms with Crippen LogP contribution in [-0.4, -0.2) is 35.7 Å². The molecule has 0 aliphatic carbocycles. The van der Waals surface area contributed by atoms with Crippen molar-refractivity contribution in [1.82, 2.24) is 21.5 Å². The molecule has 1 aromatic carbocycles. The van der Waals surface area contributed by atoms with Crippen LogP contribution in [0.3, 0.4) is 0 Å². The number of thiocarbonyl (C=S) groups is 2. The molecular formula is C14H20N6S2. The maximum Gasteiger partial charge on any atom is 0.186 e. The number of hydrazone groups is 2. The van der Waals surface area contributed by atoms with Gasteiger partial charge in [0, 0.05) is 19.7 Å². The summed E-state index contributed by atoms with van der Waals surface area (Å²) in [6.07, 6.45) is 0. The van der Waals surface area contributed by atoms with Crippen LogP contribution in [0.1, 0.15) is 18.1 Å². The first kappa shape index (κ1) is 18.0. The second-order valence-electron chi connectivity index (χ2n) is 4.41. The summed E-state index contributed by atoms with van der Waals surface area (Å²) in [6, 6.07) is 7.99. The third-order valence-electron chi connectivity index (χ3n) is 2.72. The lowest BCUT2D eigenvalue weighted by molar-refractivity contribution is 0.966. The van der Waals surface area contributed by atoms with Crippen molar-refractivity contribution >= 4 is 46.1 Å². The van der Waals surface area contributed by atoms with Gasteiger partial charge in [-0.05, 0) is 38.3 Å². The summed E-state index contributed by atoms with van der Waals surface area (Å²) in [6.45, 7) is 3.87. The Morgan fingerprint density at radius 3 is 1.91 bits per heavy atom. The Morgan fingerprint density at radius 2 is 1.41 bits per heavy atom. The van der Waals surface area contributed by atoms with E-state index >= 15 is 0 Å². The summed E-state index contributed by atoms with van der Waals surface area (Å²) in [4.78, 5) is 0. The highest BCUT2D eigenvalue weighted by molar-refractivity contribution is 7.80. The second-order valence-corrected chi connectivity index (χ2v) is 5.22. The molecule has 0 aromatic heterocycles. The average molecular weight is 336 g/mol. The fraction of sp³-hybridized carbons (Fsp3) is 0.286. The van der Waals surface area contributed by atoms with Crippen molar-refractivity contribution in [2.24, 2.45) is 10.2 Å². The standard InChI is InChI=1S/C14H20N6S2/c1-9-5-7-11(8-6-9)12(18-20-14(22)16-4)10(2)17-19-13(21)15-3/h5-8H,1-4H3,(H2,15,19,21)(H2,16,20,22). The summed E-state index contributed by atoms with van der Waals surface area (Å²) in [5.41, 5.74) is 8.97. The predicted molar refractivity (Wildman–Crippen MR) is 100 cm³/mol. The van der Waals surface area contributed by atoms with Crippen molar-refractivity contribution in [3.8, 4) is 0 Å². The molecular weight excluding hydrogens is 316 g/mol. The fourth-order valence-corrected chi connectivity index (χ4v) is 1.56. The lowest BCUT2D eigenvalue weighted by Crippen LogP contribution is -2.32. The van der Waals surface area contributed by atoms with Gasteiger partial charge in [-0.25, -0.2) is 0 Å². The lowest BCUT2D eigenvalue weighted by atomic mass is 10.1. The maximum atomic E-state index is 5.04. The average Bonchev–Trinajstić information content (AvgIpc) is 2.53. The highest BCUT2D eigenvalue weighted by atomic mass is 32.1. The van der Waals surface area contributed by atoms with E-state index in [1.54, 1.807) is 14.1 Å². The lowest BCUT2D eigenvalue weighted by Gasteiger charge is -2.09. The van der Waals surface area contributed by atoms with Gasteiger partial charge in [0.1, 0.15) is 5.71 Å². The van der Waals surface area contributed by atoms with Crippen molar-refractivity contribution in [2.75, 3.05) is 14.1 Å². The van der Waals surface area contributed by atoms with Crippen LogP contribution in [0.25, 0.3) is 0 Å². The Kier molecular flexibility index (Phi) is 7.41. The van der Waals surface area contributed by atoms with E-state index in [1.165, 1.54) is 5.56 Å². The Balaban J connectivity index is 3.07. The molecule has 0 spiro atoms. The number of aryl methyl sites for hydroxylation is 1. The first-order chi connectivity index (χ1) is 10.5. The molecule has 0 fully saturated rings. The van der Waals surface area contributed by atoms with Crippen molar-refractivity contribution in [3.63, 3.8) is 0 Å². The zero-order valence-corrected chi connectivity index (χ0v) is 14.7. The number of rotatable bonds is 4. The normalized spacial score (nSPS) is 11.6. The third kappa shape index (κ3) is 5.74. The molecule has 0 atom stereocenters. The Morgan fingerprint density at radius 1 is 0.909 bits per heavy atom. The molecule has 22 heavy (non-hydrogen) atoms. The molecule has 0 saturated heterocycles. The minimum atomic E-state index is 0.427. The zero-order chi connectivity index (χ0) is 16.5. The van der Waals surface area contributed by atoms with E-state index in [0.29, 0.717) is 21.6 Å². The van der Waals surface area contributed by atoms with E-state index < -0.39 is 0 Å². The Bertz CT molecular complexity index is 592. The molecule has 0 radical (unpaired) electrons. The van der Waals surface area contributed by atoms with Crippen molar-refractivity contribution in [1.29, 1.82) is 0 Å². The van der Waals surface area contributed by atoms with E-state index in [0.717, 1.165) is 5.56 Å². The molecule has 0 bridgehead atoms. The topological polar surface area (TPSA) is 72.8 Å². The second kappa shape index (κ2) is 9.06. The van der Waals surface area contributed by atoms with Crippen LogP contribution in [0.2, 0.25) is 0 Å². The molecule has 0 heterocycles. The fourth-order valence-electron chi connectivity index (χ4n) is 1.47. The quantitative estimate of drug-likeness (QED) is 0.377. The third-order valence-corrected chi connectivity index (χ3v) is 3.31. The SMILES string of the molecule is CNC(=S)NN=C(C)C(=NNC(=S)NC)c1ccc(C)cc1. The van der Waals surface area contributed by atoms with Crippen molar-refractivity contribution in [3.05, 3.63) is 35.4 Å². The van der Waals surface area contributed by atoms with Gasteiger partial charge in [-0.1, -0.05) is 29.8 Å². The van der Waals surface area contributed by atoms with Crippen LogP contribution in [0.15, 0.2) is 34.5 Å². The minimum Gasteiger partial charge on any atom is -0.364 e. The van der Waals surface area contributed by atoms with E-state index in [2.05, 4.69) is 31.7 Å². The van der Waals surface area contributed by atoms with Gasteiger partial charge in [-0.3, -0.25) is 10.9 Å². The maximum absolute atomic E-state index is 5.04. The molecule has 1 rings (SSSR count). The van der Waals surface area contributed by atoms with Gasteiger partial charge in [-0.2, -0.15) is 10.2 Å². The summed E-state index contributed by atoms with van der Waals surface area (Å²) in [5.74, 6) is 0. The van der Waals surface area contributed by atoms with E-state index in [1.807, 2.05) is 38.1 Å². The predicted octanol–water partition coefficient (Wildman–Crippen LogP) is 1.26. The minimum absolute atomic E-state index is 0.427. The van der Waals surface area contributed by atoms with Crippen molar-refractivity contribution in [2.45, 2.75) is 13.8 Å². The zero-order valence-electron chi connectivity index (χ0n) is 13.0. The molecule has 0 aliphatic heterocycles. The number of hydrogen-bond acceptors (Lipinski definition) is 4. The molecule has 0 saturated carbocycles. The molecule has 8 heteroatoms. The molecule has 1 aromatic rings. The summed E-state index contributed by atoms with van der Waals surface area (Å²) in [7, 11) is 3.45. The molecule has 6 nitrogen and oxygen atoms in total. The number of hydrogen-bond donors (Lipinski definition) is 4. The molecule has 0 unspecified atom stereocenters. The first-order valence-corrected chi connectivity index (χ1v) is 7.44.